The molecule has 1 fully saturated rings. The number of benzene rings is 2. The third-order valence-corrected chi connectivity index (χ3v) is 6.32. The highest BCUT2D eigenvalue weighted by atomic mass is 35.5. The van der Waals surface area contributed by atoms with Crippen molar-refractivity contribution >= 4 is 34.9 Å². The van der Waals surface area contributed by atoms with E-state index in [2.05, 4.69) is 20.8 Å². The number of amides is 3. The summed E-state index contributed by atoms with van der Waals surface area (Å²) in [5.41, 5.74) is 1.59. The minimum atomic E-state index is -0.779. The summed E-state index contributed by atoms with van der Waals surface area (Å²) in [6, 6.07) is 11.6. The molecule has 2 aromatic carbocycles. The number of fused-ring (bicyclic) bond motifs is 4. The fourth-order valence-electron chi connectivity index (χ4n) is 4.53. The van der Waals surface area contributed by atoms with E-state index in [-0.39, 0.29) is 33.9 Å². The van der Waals surface area contributed by atoms with Crippen LogP contribution in [0, 0.1) is 5.82 Å². The van der Waals surface area contributed by atoms with E-state index in [9.17, 15) is 18.8 Å². The van der Waals surface area contributed by atoms with Gasteiger partial charge in [-0.05, 0) is 49.1 Å². The molecule has 3 aromatic rings. The molecule has 2 bridgehead atoms. The van der Waals surface area contributed by atoms with Gasteiger partial charge in [0.25, 0.3) is 11.5 Å². The molecule has 0 saturated carbocycles. The highest BCUT2D eigenvalue weighted by molar-refractivity contribution is 6.34. The average molecular weight is 468 g/mol. The van der Waals surface area contributed by atoms with Crippen LogP contribution in [-0.2, 0) is 6.42 Å². The Morgan fingerprint density at radius 1 is 1.12 bits per heavy atom. The Balaban J connectivity index is 1.35. The summed E-state index contributed by atoms with van der Waals surface area (Å²) in [5.74, 6) is -1.34. The van der Waals surface area contributed by atoms with E-state index in [0.717, 1.165) is 18.1 Å². The van der Waals surface area contributed by atoms with Crippen LogP contribution in [0.15, 0.2) is 53.3 Å². The topological polar surface area (TPSA) is 107 Å². The summed E-state index contributed by atoms with van der Waals surface area (Å²) >= 11 is 6.25. The Labute approximate surface area is 192 Å². The highest BCUT2D eigenvalue weighted by Crippen LogP contribution is 2.42. The number of urea groups is 1. The number of halogens is 2. The molecule has 0 aliphatic carbocycles. The van der Waals surface area contributed by atoms with Crippen LogP contribution < -0.4 is 16.2 Å². The molecular weight excluding hydrogens is 449 g/mol. The molecule has 10 heteroatoms. The lowest BCUT2D eigenvalue weighted by Crippen LogP contribution is -2.45. The number of H-pyrrole nitrogens is 1. The lowest BCUT2D eigenvalue weighted by atomic mass is 9.99. The molecule has 0 spiro atoms. The van der Waals surface area contributed by atoms with Gasteiger partial charge in [-0.3, -0.25) is 9.59 Å². The van der Waals surface area contributed by atoms with Gasteiger partial charge >= 0.3 is 6.03 Å². The summed E-state index contributed by atoms with van der Waals surface area (Å²) < 4.78 is 14.8. The number of rotatable bonds is 3. The summed E-state index contributed by atoms with van der Waals surface area (Å²) in [4.78, 5) is 38.8. The van der Waals surface area contributed by atoms with Crippen molar-refractivity contribution in [3.05, 3.63) is 86.5 Å². The molecule has 3 N–H and O–H groups in total. The van der Waals surface area contributed by atoms with Crippen LogP contribution in [-0.4, -0.2) is 33.1 Å². The fourth-order valence-corrected chi connectivity index (χ4v) is 4.78. The minimum Gasteiger partial charge on any atom is -0.322 e. The molecule has 168 valence electrons. The molecule has 8 nitrogen and oxygen atoms in total. The summed E-state index contributed by atoms with van der Waals surface area (Å²) in [7, 11) is 0. The third kappa shape index (κ3) is 3.95. The van der Waals surface area contributed by atoms with Crippen molar-refractivity contribution in [2.24, 2.45) is 0 Å². The van der Waals surface area contributed by atoms with Gasteiger partial charge in [0.2, 0.25) is 0 Å². The number of carbonyl (C=O) groups is 2. The number of nitrogens with one attached hydrogen (secondary N) is 3. The van der Waals surface area contributed by atoms with Crippen molar-refractivity contribution in [2.75, 3.05) is 10.6 Å². The first-order valence-corrected chi connectivity index (χ1v) is 10.8. The Kier molecular flexibility index (Phi) is 5.33. The van der Waals surface area contributed by atoms with Crippen LogP contribution in [0.4, 0.5) is 20.6 Å². The van der Waals surface area contributed by atoms with E-state index in [1.807, 2.05) is 6.07 Å². The number of aromatic nitrogens is 2. The third-order valence-electron chi connectivity index (χ3n) is 6.00. The van der Waals surface area contributed by atoms with Crippen LogP contribution in [0.2, 0.25) is 5.02 Å². The first-order chi connectivity index (χ1) is 15.9. The second-order valence-electron chi connectivity index (χ2n) is 8.06. The second kappa shape index (κ2) is 8.32. The highest BCUT2D eigenvalue weighted by Gasteiger charge is 2.44. The largest absolute Gasteiger partial charge is 0.322 e. The maximum Gasteiger partial charge on any atom is 0.322 e. The second-order valence-corrected chi connectivity index (χ2v) is 8.47. The molecule has 3 amide bonds. The molecule has 1 saturated heterocycles. The zero-order chi connectivity index (χ0) is 23.1. The van der Waals surface area contributed by atoms with Gasteiger partial charge in [0.05, 0.1) is 28.0 Å². The smallest absolute Gasteiger partial charge is 0.322 e. The summed E-state index contributed by atoms with van der Waals surface area (Å²) in [6.45, 7) is 0. The van der Waals surface area contributed by atoms with Gasteiger partial charge in [-0.1, -0.05) is 29.8 Å². The van der Waals surface area contributed by atoms with Crippen molar-refractivity contribution in [1.29, 1.82) is 0 Å². The molecule has 2 aliphatic rings. The Morgan fingerprint density at radius 3 is 2.70 bits per heavy atom. The first kappa shape index (κ1) is 21.1. The Bertz CT molecular complexity index is 1310. The number of nitrogens with zero attached hydrogens (tertiary/aromatic N) is 2. The molecule has 5 rings (SSSR count). The monoisotopic (exact) mass is 467 g/mol. The molecule has 2 aliphatic heterocycles. The van der Waals surface area contributed by atoms with Crippen molar-refractivity contribution in [3.8, 4) is 0 Å². The van der Waals surface area contributed by atoms with Crippen molar-refractivity contribution in [3.63, 3.8) is 0 Å². The Hall–Kier alpha value is -3.72. The number of carbonyl (C=O) groups excluding carboxylic acids is 2. The maximum absolute atomic E-state index is 14.8. The lowest BCUT2D eigenvalue weighted by Gasteiger charge is -2.35. The van der Waals surface area contributed by atoms with Crippen molar-refractivity contribution < 1.29 is 14.0 Å². The summed E-state index contributed by atoms with van der Waals surface area (Å²) in [5, 5.41) is 11.8. The van der Waals surface area contributed by atoms with Gasteiger partial charge in [-0.2, -0.15) is 5.10 Å². The van der Waals surface area contributed by atoms with E-state index in [4.69, 9.17) is 11.6 Å². The van der Waals surface area contributed by atoms with Gasteiger partial charge < -0.3 is 15.5 Å². The fraction of sp³-hybridized carbons (Fsp3) is 0.217. The SMILES string of the molecule is O=C(Nc1ccccc1)c1cc(F)c(NC(=O)N2[C@H]3CC[C@@H]2c2n[nH]c(=O)cc2C3)cc1Cl. The maximum atomic E-state index is 14.8. The molecule has 33 heavy (non-hydrogen) atoms. The van der Waals surface area contributed by atoms with E-state index in [1.165, 1.54) is 12.1 Å². The van der Waals surface area contributed by atoms with Crippen LogP contribution in [0.5, 0.6) is 0 Å². The van der Waals surface area contributed by atoms with Crippen LogP contribution in [0.1, 0.15) is 40.5 Å². The van der Waals surface area contributed by atoms with E-state index in [0.29, 0.717) is 24.2 Å². The predicted molar refractivity (Wildman–Crippen MR) is 121 cm³/mol. The van der Waals surface area contributed by atoms with Crippen LogP contribution in [0.3, 0.4) is 0 Å². The van der Waals surface area contributed by atoms with Crippen molar-refractivity contribution in [2.45, 2.75) is 31.3 Å². The van der Waals surface area contributed by atoms with E-state index in [1.54, 1.807) is 29.2 Å². The standard InChI is InChI=1S/C23H19ClFN5O3/c24-16-11-18(17(25)10-15(16)22(32)26-13-4-2-1-3-5-13)27-23(33)30-14-6-7-19(30)21-12(8-14)9-20(31)28-29-21/h1-5,9-11,14,19H,6-8H2,(H,26,32)(H,27,33)(H,28,31)/t14-,19+/m0/s1. The predicted octanol–water partition coefficient (Wildman–Crippen LogP) is 4.11. The summed E-state index contributed by atoms with van der Waals surface area (Å²) in [6.07, 6.45) is 1.97. The van der Waals surface area contributed by atoms with Gasteiger partial charge in [0.15, 0.2) is 0 Å². The Morgan fingerprint density at radius 2 is 1.91 bits per heavy atom. The molecule has 1 aromatic heterocycles. The lowest BCUT2D eigenvalue weighted by molar-refractivity contribution is 0.102. The van der Waals surface area contributed by atoms with Gasteiger partial charge in [0, 0.05) is 17.8 Å². The molecule has 2 atom stereocenters. The number of hydrogen-bond acceptors (Lipinski definition) is 4. The number of anilines is 2. The molecule has 0 unspecified atom stereocenters. The van der Waals surface area contributed by atoms with Crippen molar-refractivity contribution in [1.82, 2.24) is 15.1 Å². The number of para-hydroxylation sites is 1. The van der Waals surface area contributed by atoms with Gasteiger partial charge in [-0.15, -0.1) is 0 Å². The van der Waals surface area contributed by atoms with E-state index < -0.39 is 17.8 Å². The number of hydrogen-bond donors (Lipinski definition) is 3. The van der Waals surface area contributed by atoms with E-state index >= 15 is 0 Å². The minimum absolute atomic E-state index is 0.00587. The quantitative estimate of drug-likeness (QED) is 0.538. The normalized spacial score (nSPS) is 18.5. The zero-order valence-electron chi connectivity index (χ0n) is 17.3. The van der Waals surface area contributed by atoms with Crippen LogP contribution >= 0.6 is 11.6 Å². The van der Waals surface area contributed by atoms with Gasteiger partial charge in [-0.25, -0.2) is 14.3 Å². The molecule has 3 heterocycles. The van der Waals surface area contributed by atoms with Crippen LogP contribution in [0.25, 0.3) is 0 Å². The molecule has 0 radical (unpaired) electrons. The van der Waals surface area contributed by atoms with Gasteiger partial charge in [0.1, 0.15) is 5.82 Å². The number of aromatic amines is 1. The molecular formula is C23H19ClFN5O3. The first-order valence-electron chi connectivity index (χ1n) is 10.4. The average Bonchev–Trinajstić information content (AvgIpc) is 3.11. The zero-order valence-corrected chi connectivity index (χ0v) is 18.0.